The Morgan fingerprint density at radius 1 is 1.12 bits per heavy atom. The molecule has 2 rings (SSSR count). The summed E-state index contributed by atoms with van der Waals surface area (Å²) < 4.78 is 5.97. The lowest BCUT2D eigenvalue weighted by atomic mass is 9.88. The molecule has 0 unspecified atom stereocenters. The molecular weight excluding hydrogens is 214 g/mol. The van der Waals surface area contributed by atoms with Crippen LogP contribution in [-0.4, -0.2) is 31.1 Å². The van der Waals surface area contributed by atoms with Crippen LogP contribution in [0.2, 0.25) is 0 Å². The van der Waals surface area contributed by atoms with Crippen molar-refractivity contribution in [3.63, 3.8) is 0 Å². The largest absolute Gasteiger partial charge is 0.377 e. The monoisotopic (exact) mass is 239 g/mol. The van der Waals surface area contributed by atoms with E-state index in [0.717, 1.165) is 38.6 Å². The molecule has 1 saturated carbocycles. The zero-order valence-electron chi connectivity index (χ0n) is 10.9. The number of carbonyl (C=O) groups excluding carboxylic acids is 1. The highest BCUT2D eigenvalue weighted by atomic mass is 16.5. The Labute approximate surface area is 104 Å². The van der Waals surface area contributed by atoms with Crippen LogP contribution in [0.1, 0.15) is 51.9 Å². The zero-order chi connectivity index (χ0) is 12.1. The Balaban J connectivity index is 1.61. The molecule has 98 valence electrons. The maximum Gasteiger partial charge on any atom is 0.123 e. The van der Waals surface area contributed by atoms with Gasteiger partial charge in [-0.15, -0.1) is 0 Å². The van der Waals surface area contributed by atoms with E-state index in [1.54, 1.807) is 0 Å². The van der Waals surface area contributed by atoms with E-state index in [0.29, 0.717) is 24.1 Å². The first kappa shape index (κ1) is 13.0. The van der Waals surface area contributed by atoms with E-state index in [-0.39, 0.29) is 0 Å². The van der Waals surface area contributed by atoms with Gasteiger partial charge in [0, 0.05) is 18.0 Å². The molecule has 0 bridgehead atoms. The lowest BCUT2D eigenvalue weighted by Gasteiger charge is -2.26. The van der Waals surface area contributed by atoms with Gasteiger partial charge in [0.2, 0.25) is 0 Å². The van der Waals surface area contributed by atoms with Crippen LogP contribution < -0.4 is 5.32 Å². The molecule has 0 aromatic rings. The molecule has 0 spiro atoms. The van der Waals surface area contributed by atoms with Gasteiger partial charge in [-0.25, -0.2) is 0 Å². The number of carbonyl (C=O) groups is 1. The fourth-order valence-electron chi connectivity index (χ4n) is 3.00. The van der Waals surface area contributed by atoms with Crippen LogP contribution in [0.25, 0.3) is 0 Å². The van der Waals surface area contributed by atoms with Gasteiger partial charge in [0.25, 0.3) is 0 Å². The molecule has 0 radical (unpaired) electrons. The molecule has 17 heavy (non-hydrogen) atoms. The van der Waals surface area contributed by atoms with Gasteiger partial charge in [-0.1, -0.05) is 6.92 Å². The molecule has 1 aliphatic carbocycles. The van der Waals surface area contributed by atoms with Gasteiger partial charge in [0.1, 0.15) is 6.29 Å². The zero-order valence-corrected chi connectivity index (χ0v) is 10.9. The van der Waals surface area contributed by atoms with Crippen molar-refractivity contribution in [3.8, 4) is 0 Å². The van der Waals surface area contributed by atoms with Crippen LogP contribution in [0.5, 0.6) is 0 Å². The second-order valence-corrected chi connectivity index (χ2v) is 5.55. The summed E-state index contributed by atoms with van der Waals surface area (Å²) in [7, 11) is 0. The first-order valence-electron chi connectivity index (χ1n) is 7.14. The Kier molecular flexibility index (Phi) is 4.99. The van der Waals surface area contributed by atoms with Crippen molar-refractivity contribution < 1.29 is 9.53 Å². The van der Waals surface area contributed by atoms with E-state index in [2.05, 4.69) is 12.2 Å². The molecule has 1 saturated heterocycles. The lowest BCUT2D eigenvalue weighted by molar-refractivity contribution is -0.112. The van der Waals surface area contributed by atoms with Crippen molar-refractivity contribution >= 4 is 6.29 Å². The highest BCUT2D eigenvalue weighted by Gasteiger charge is 2.25. The van der Waals surface area contributed by atoms with Crippen LogP contribution in [-0.2, 0) is 9.53 Å². The maximum atomic E-state index is 10.7. The normalized spacial score (nSPS) is 38.2. The van der Waals surface area contributed by atoms with Crippen molar-refractivity contribution in [3.05, 3.63) is 0 Å². The molecule has 0 aromatic heterocycles. The highest BCUT2D eigenvalue weighted by Crippen LogP contribution is 2.25. The third-order valence-corrected chi connectivity index (χ3v) is 4.27. The topological polar surface area (TPSA) is 38.3 Å². The Bertz CT molecular complexity index is 236. The molecule has 3 heteroatoms. The minimum absolute atomic E-state index is 0.295. The third kappa shape index (κ3) is 3.78. The van der Waals surface area contributed by atoms with Gasteiger partial charge in [-0.05, 0) is 44.9 Å². The molecular formula is C14H25NO2. The van der Waals surface area contributed by atoms with Crippen molar-refractivity contribution in [2.75, 3.05) is 6.61 Å². The van der Waals surface area contributed by atoms with Crippen molar-refractivity contribution in [1.82, 2.24) is 5.32 Å². The van der Waals surface area contributed by atoms with Crippen LogP contribution in [0.15, 0.2) is 0 Å². The molecule has 2 fully saturated rings. The minimum atomic E-state index is 0.295. The fourth-order valence-corrected chi connectivity index (χ4v) is 3.00. The van der Waals surface area contributed by atoms with Crippen LogP contribution >= 0.6 is 0 Å². The number of nitrogens with one attached hydrogen (secondary N) is 1. The number of rotatable bonds is 5. The summed E-state index contributed by atoms with van der Waals surface area (Å²) in [6.45, 7) is 3.09. The third-order valence-electron chi connectivity index (χ3n) is 4.27. The Hall–Kier alpha value is -0.410. The maximum absolute atomic E-state index is 10.7. The van der Waals surface area contributed by atoms with E-state index in [1.165, 1.54) is 19.3 Å². The molecule has 2 aliphatic rings. The highest BCUT2D eigenvalue weighted by molar-refractivity contribution is 5.53. The van der Waals surface area contributed by atoms with Gasteiger partial charge in [-0.3, -0.25) is 0 Å². The predicted octanol–water partition coefficient (Wildman–Crippen LogP) is 2.29. The van der Waals surface area contributed by atoms with Crippen LogP contribution in [0.3, 0.4) is 0 Å². The van der Waals surface area contributed by atoms with Crippen LogP contribution in [0.4, 0.5) is 0 Å². The quantitative estimate of drug-likeness (QED) is 0.748. The standard InChI is InChI=1S/C14H25NO2/c1-2-12-5-6-13(15-12)10-17-14-7-3-11(9-16)4-8-14/h9,11-15H,2-8,10H2,1H3/t11?,12-,13+,14?/m1/s1. The lowest BCUT2D eigenvalue weighted by Crippen LogP contribution is -2.34. The van der Waals surface area contributed by atoms with Crippen molar-refractivity contribution in [2.24, 2.45) is 5.92 Å². The van der Waals surface area contributed by atoms with Gasteiger partial charge in [-0.2, -0.15) is 0 Å². The van der Waals surface area contributed by atoms with Crippen molar-refractivity contribution in [1.29, 1.82) is 0 Å². The van der Waals surface area contributed by atoms with Crippen LogP contribution in [0, 0.1) is 5.92 Å². The minimum Gasteiger partial charge on any atom is -0.377 e. The molecule has 1 heterocycles. The summed E-state index contributed by atoms with van der Waals surface area (Å²) in [5.74, 6) is 0.295. The van der Waals surface area contributed by atoms with E-state index in [1.807, 2.05) is 0 Å². The molecule has 3 nitrogen and oxygen atoms in total. The van der Waals surface area contributed by atoms with Crippen molar-refractivity contribution in [2.45, 2.75) is 70.1 Å². The Morgan fingerprint density at radius 2 is 1.82 bits per heavy atom. The summed E-state index contributed by atoms with van der Waals surface area (Å²) in [5, 5.41) is 3.62. The summed E-state index contributed by atoms with van der Waals surface area (Å²) >= 11 is 0. The summed E-state index contributed by atoms with van der Waals surface area (Å²) in [6.07, 6.45) is 9.44. The van der Waals surface area contributed by atoms with Gasteiger partial charge < -0.3 is 14.8 Å². The molecule has 1 N–H and O–H groups in total. The predicted molar refractivity (Wildman–Crippen MR) is 68.0 cm³/mol. The average molecular weight is 239 g/mol. The molecule has 0 amide bonds. The van der Waals surface area contributed by atoms with E-state index in [9.17, 15) is 4.79 Å². The second-order valence-electron chi connectivity index (χ2n) is 5.55. The molecule has 2 atom stereocenters. The van der Waals surface area contributed by atoms with Gasteiger partial charge in [0.15, 0.2) is 0 Å². The number of ether oxygens (including phenoxy) is 1. The number of aldehydes is 1. The summed E-state index contributed by atoms with van der Waals surface area (Å²) in [4.78, 5) is 10.7. The first-order valence-corrected chi connectivity index (χ1v) is 7.14. The number of hydrogen-bond acceptors (Lipinski definition) is 3. The average Bonchev–Trinajstić information content (AvgIpc) is 2.85. The molecule has 1 aliphatic heterocycles. The van der Waals surface area contributed by atoms with Gasteiger partial charge in [0.05, 0.1) is 12.7 Å². The summed E-state index contributed by atoms with van der Waals surface area (Å²) in [5.41, 5.74) is 0. The van der Waals surface area contributed by atoms with E-state index < -0.39 is 0 Å². The van der Waals surface area contributed by atoms with E-state index >= 15 is 0 Å². The Morgan fingerprint density at radius 3 is 2.41 bits per heavy atom. The van der Waals surface area contributed by atoms with Gasteiger partial charge >= 0.3 is 0 Å². The smallest absolute Gasteiger partial charge is 0.123 e. The van der Waals surface area contributed by atoms with E-state index in [4.69, 9.17) is 4.74 Å². The number of hydrogen-bond donors (Lipinski definition) is 1. The summed E-state index contributed by atoms with van der Waals surface area (Å²) in [6, 6.07) is 1.26. The second kappa shape index (κ2) is 6.50. The first-order chi connectivity index (χ1) is 8.31. The fraction of sp³-hybridized carbons (Fsp3) is 0.929. The molecule has 0 aromatic carbocycles. The SMILES string of the molecule is CC[C@@H]1CC[C@@H](COC2CCC(C=O)CC2)N1.